The van der Waals surface area contributed by atoms with Gasteiger partial charge in [0.1, 0.15) is 6.61 Å². The van der Waals surface area contributed by atoms with E-state index in [9.17, 15) is 9.59 Å². The molecule has 0 aromatic carbocycles. The molecule has 0 aliphatic heterocycles. The van der Waals surface area contributed by atoms with Crippen LogP contribution in [0.15, 0.2) is 12.7 Å². The van der Waals surface area contributed by atoms with Crippen LogP contribution in [0, 0.1) is 0 Å². The fourth-order valence-electron chi connectivity index (χ4n) is 1.02. The van der Waals surface area contributed by atoms with Gasteiger partial charge in [0.15, 0.2) is 0 Å². The summed E-state index contributed by atoms with van der Waals surface area (Å²) in [5.41, 5.74) is 0. The lowest BCUT2D eigenvalue weighted by Gasteiger charge is -2.19. The zero-order valence-corrected chi connectivity index (χ0v) is 9.19. The summed E-state index contributed by atoms with van der Waals surface area (Å²) in [7, 11) is 2.77. The Kier molecular flexibility index (Phi) is 7.27. The molecule has 0 aliphatic carbocycles. The first-order valence-electron chi connectivity index (χ1n) is 4.60. The van der Waals surface area contributed by atoms with Gasteiger partial charge in [0.05, 0.1) is 13.5 Å². The molecule has 0 bridgehead atoms. The van der Waals surface area contributed by atoms with Gasteiger partial charge in [0, 0.05) is 20.2 Å². The molecule has 0 spiro atoms. The molecule has 0 unspecified atom stereocenters. The molecule has 86 valence electrons. The Bertz CT molecular complexity index is 227. The maximum absolute atomic E-state index is 11.4. The molecule has 0 aliphatic rings. The van der Waals surface area contributed by atoms with Crippen molar-refractivity contribution in [2.24, 2.45) is 0 Å². The molecule has 1 amide bonds. The van der Waals surface area contributed by atoms with Crippen molar-refractivity contribution in [3.8, 4) is 0 Å². The number of rotatable bonds is 7. The standard InChI is InChI=1S/C10H17NO4/c1-4-6-11(9(12)8-14-2)7-5-10(13)15-3/h4H,1,5-8H2,2-3H3. The molecule has 5 heteroatoms. The second-order valence-electron chi connectivity index (χ2n) is 2.89. The molecule has 15 heavy (non-hydrogen) atoms. The minimum absolute atomic E-state index is 0.00894. The van der Waals surface area contributed by atoms with Gasteiger partial charge < -0.3 is 14.4 Å². The Labute approximate surface area is 89.6 Å². The maximum atomic E-state index is 11.4. The van der Waals surface area contributed by atoms with Gasteiger partial charge in [-0.2, -0.15) is 0 Å². The molecular formula is C10H17NO4. The average molecular weight is 215 g/mol. The second-order valence-corrected chi connectivity index (χ2v) is 2.89. The monoisotopic (exact) mass is 215 g/mol. The van der Waals surface area contributed by atoms with Crippen LogP contribution in [0.3, 0.4) is 0 Å². The Balaban J connectivity index is 4.08. The van der Waals surface area contributed by atoms with E-state index in [1.807, 2.05) is 0 Å². The van der Waals surface area contributed by atoms with Crippen molar-refractivity contribution in [2.45, 2.75) is 6.42 Å². The fraction of sp³-hybridized carbons (Fsp3) is 0.600. The Morgan fingerprint density at radius 2 is 2.07 bits per heavy atom. The molecular weight excluding hydrogens is 198 g/mol. The van der Waals surface area contributed by atoms with E-state index in [1.54, 1.807) is 6.08 Å². The predicted octanol–water partition coefficient (Wildman–Crippen LogP) is 0.210. The number of esters is 1. The normalized spacial score (nSPS) is 9.47. The molecule has 0 rings (SSSR count). The van der Waals surface area contributed by atoms with Crippen LogP contribution in [-0.2, 0) is 19.1 Å². The lowest BCUT2D eigenvalue weighted by molar-refractivity contribution is -0.142. The van der Waals surface area contributed by atoms with Gasteiger partial charge in [-0.15, -0.1) is 6.58 Å². The van der Waals surface area contributed by atoms with Gasteiger partial charge in [0.25, 0.3) is 0 Å². The quantitative estimate of drug-likeness (QED) is 0.450. The summed E-state index contributed by atoms with van der Waals surface area (Å²) in [6.45, 7) is 4.27. The first-order valence-corrected chi connectivity index (χ1v) is 4.60. The summed E-state index contributed by atoms with van der Waals surface area (Å²) in [4.78, 5) is 23.8. The van der Waals surface area contributed by atoms with Crippen LogP contribution >= 0.6 is 0 Å². The molecule has 5 nitrogen and oxygen atoms in total. The molecule has 0 atom stereocenters. The van der Waals surface area contributed by atoms with Crippen molar-refractivity contribution in [3.63, 3.8) is 0 Å². The Morgan fingerprint density at radius 1 is 1.40 bits per heavy atom. The van der Waals surface area contributed by atoms with Crippen molar-refractivity contribution in [1.82, 2.24) is 4.90 Å². The third-order valence-corrected chi connectivity index (χ3v) is 1.78. The Morgan fingerprint density at radius 3 is 2.53 bits per heavy atom. The number of carbonyl (C=O) groups excluding carboxylic acids is 2. The summed E-state index contributed by atoms with van der Waals surface area (Å²) in [5.74, 6) is -0.504. The van der Waals surface area contributed by atoms with E-state index in [0.717, 1.165) is 0 Å². The minimum Gasteiger partial charge on any atom is -0.469 e. The van der Waals surface area contributed by atoms with Crippen molar-refractivity contribution in [3.05, 3.63) is 12.7 Å². The third kappa shape index (κ3) is 5.85. The lowest BCUT2D eigenvalue weighted by Crippen LogP contribution is -2.35. The molecule has 0 N–H and O–H groups in total. The number of carbonyl (C=O) groups is 2. The van der Waals surface area contributed by atoms with E-state index in [-0.39, 0.29) is 24.9 Å². The van der Waals surface area contributed by atoms with E-state index in [4.69, 9.17) is 4.74 Å². The van der Waals surface area contributed by atoms with Crippen LogP contribution in [0.2, 0.25) is 0 Å². The van der Waals surface area contributed by atoms with Crippen LogP contribution in [0.1, 0.15) is 6.42 Å². The zero-order chi connectivity index (χ0) is 11.7. The van der Waals surface area contributed by atoms with Crippen molar-refractivity contribution in [1.29, 1.82) is 0 Å². The van der Waals surface area contributed by atoms with Crippen molar-refractivity contribution < 1.29 is 19.1 Å². The number of nitrogens with zero attached hydrogens (tertiary/aromatic N) is 1. The van der Waals surface area contributed by atoms with E-state index in [0.29, 0.717) is 13.1 Å². The smallest absolute Gasteiger partial charge is 0.307 e. The number of amides is 1. The fourth-order valence-corrected chi connectivity index (χ4v) is 1.02. The highest BCUT2D eigenvalue weighted by Gasteiger charge is 2.13. The summed E-state index contributed by atoms with van der Waals surface area (Å²) in [5, 5.41) is 0. The van der Waals surface area contributed by atoms with Gasteiger partial charge >= 0.3 is 5.97 Å². The number of ether oxygens (including phenoxy) is 2. The highest BCUT2D eigenvalue weighted by molar-refractivity contribution is 5.78. The molecule has 0 heterocycles. The van der Waals surface area contributed by atoms with Crippen molar-refractivity contribution in [2.75, 3.05) is 33.9 Å². The molecule has 0 aromatic rings. The van der Waals surface area contributed by atoms with Gasteiger partial charge in [-0.3, -0.25) is 9.59 Å². The van der Waals surface area contributed by atoms with Crippen LogP contribution in [0.4, 0.5) is 0 Å². The summed E-state index contributed by atoms with van der Waals surface area (Å²) in [6, 6.07) is 0. The average Bonchev–Trinajstić information content (AvgIpc) is 2.23. The van der Waals surface area contributed by atoms with Crippen LogP contribution in [0.25, 0.3) is 0 Å². The van der Waals surface area contributed by atoms with Crippen LogP contribution in [0.5, 0.6) is 0 Å². The summed E-state index contributed by atoms with van der Waals surface area (Å²) >= 11 is 0. The summed E-state index contributed by atoms with van der Waals surface area (Å²) < 4.78 is 9.21. The number of hydrogen-bond donors (Lipinski definition) is 0. The van der Waals surface area contributed by atoms with E-state index < -0.39 is 0 Å². The van der Waals surface area contributed by atoms with Crippen LogP contribution in [-0.4, -0.2) is 50.7 Å². The van der Waals surface area contributed by atoms with Gasteiger partial charge in [-0.05, 0) is 0 Å². The van der Waals surface area contributed by atoms with Crippen molar-refractivity contribution >= 4 is 11.9 Å². The van der Waals surface area contributed by atoms with Gasteiger partial charge in [-0.25, -0.2) is 0 Å². The molecule has 0 saturated heterocycles. The first-order chi connectivity index (χ1) is 7.15. The van der Waals surface area contributed by atoms with E-state index in [1.165, 1.54) is 19.1 Å². The van der Waals surface area contributed by atoms with E-state index in [2.05, 4.69) is 11.3 Å². The van der Waals surface area contributed by atoms with Gasteiger partial charge in [0.2, 0.25) is 5.91 Å². The largest absolute Gasteiger partial charge is 0.469 e. The second kappa shape index (κ2) is 7.99. The van der Waals surface area contributed by atoms with Crippen LogP contribution < -0.4 is 0 Å². The lowest BCUT2D eigenvalue weighted by atomic mass is 10.3. The zero-order valence-electron chi connectivity index (χ0n) is 9.19. The minimum atomic E-state index is -0.339. The number of hydrogen-bond acceptors (Lipinski definition) is 4. The molecule has 0 radical (unpaired) electrons. The third-order valence-electron chi connectivity index (χ3n) is 1.78. The highest BCUT2D eigenvalue weighted by atomic mass is 16.5. The van der Waals surface area contributed by atoms with Gasteiger partial charge in [-0.1, -0.05) is 6.08 Å². The SMILES string of the molecule is C=CCN(CCC(=O)OC)C(=O)COC. The Hall–Kier alpha value is -1.36. The number of methoxy groups -OCH3 is 2. The highest BCUT2D eigenvalue weighted by Crippen LogP contribution is 1.95. The molecule has 0 fully saturated rings. The topological polar surface area (TPSA) is 55.8 Å². The molecule has 0 saturated carbocycles. The predicted molar refractivity (Wildman–Crippen MR) is 55.3 cm³/mol. The first kappa shape index (κ1) is 13.6. The van der Waals surface area contributed by atoms with E-state index >= 15 is 0 Å². The maximum Gasteiger partial charge on any atom is 0.307 e. The molecule has 0 aromatic heterocycles. The summed E-state index contributed by atoms with van der Waals surface area (Å²) in [6.07, 6.45) is 1.78.